The summed E-state index contributed by atoms with van der Waals surface area (Å²) in [6, 6.07) is 14.5. The topological polar surface area (TPSA) is 47.0 Å². The Labute approximate surface area is 161 Å². The van der Waals surface area contributed by atoms with Gasteiger partial charge in [-0.2, -0.15) is 0 Å². The lowest BCUT2D eigenvalue weighted by atomic mass is 10.0. The number of halogens is 1. The van der Waals surface area contributed by atoms with Crippen molar-refractivity contribution in [2.75, 3.05) is 13.2 Å². The summed E-state index contributed by atoms with van der Waals surface area (Å²) in [5, 5.41) is 2.91. The molecule has 1 aromatic heterocycles. The minimum absolute atomic E-state index is 0.0949. The second kappa shape index (κ2) is 7.74. The highest BCUT2D eigenvalue weighted by molar-refractivity contribution is 7.98. The number of hydrogen-bond acceptors (Lipinski definition) is 3. The molecule has 0 saturated carbocycles. The van der Waals surface area contributed by atoms with E-state index >= 15 is 0 Å². The minimum atomic E-state index is -0.213. The van der Waals surface area contributed by atoms with E-state index in [-0.39, 0.29) is 11.4 Å². The van der Waals surface area contributed by atoms with E-state index in [0.717, 1.165) is 47.0 Å². The molecule has 4 nitrogen and oxygen atoms in total. The first-order valence-electron chi connectivity index (χ1n) is 8.95. The quantitative estimate of drug-likeness (QED) is 0.647. The molecule has 0 spiro atoms. The first-order valence-corrected chi connectivity index (χ1v) is 9.93. The number of hydrogen-bond donors (Lipinski definition) is 1. The fourth-order valence-electron chi connectivity index (χ4n) is 3.28. The Morgan fingerprint density at radius 1 is 1.22 bits per heavy atom. The molecule has 0 radical (unpaired) electrons. The Balaban J connectivity index is 1.59. The van der Waals surface area contributed by atoms with Gasteiger partial charge in [0.25, 0.3) is 5.56 Å². The van der Waals surface area contributed by atoms with Crippen molar-refractivity contribution in [1.29, 1.82) is 0 Å². The molecule has 2 heterocycles. The van der Waals surface area contributed by atoms with Crippen molar-refractivity contribution in [2.24, 2.45) is 5.92 Å². The second-order valence-corrected chi connectivity index (χ2v) is 7.88. The van der Waals surface area contributed by atoms with E-state index in [9.17, 15) is 9.18 Å². The van der Waals surface area contributed by atoms with Gasteiger partial charge in [0.1, 0.15) is 5.82 Å². The minimum Gasteiger partial charge on any atom is -0.381 e. The zero-order valence-corrected chi connectivity index (χ0v) is 15.9. The van der Waals surface area contributed by atoms with Crippen LogP contribution in [-0.2, 0) is 17.0 Å². The summed E-state index contributed by atoms with van der Waals surface area (Å²) in [5.41, 5.74) is 3.92. The smallest absolute Gasteiger partial charge is 0.264 e. The average Bonchev–Trinajstić information content (AvgIpc) is 2.98. The van der Waals surface area contributed by atoms with Crippen molar-refractivity contribution in [3.8, 4) is 11.3 Å². The van der Waals surface area contributed by atoms with Crippen molar-refractivity contribution >= 4 is 11.8 Å². The van der Waals surface area contributed by atoms with Crippen molar-refractivity contribution < 1.29 is 9.13 Å². The molecule has 140 valence electrons. The lowest BCUT2D eigenvalue weighted by Gasteiger charge is -2.27. The van der Waals surface area contributed by atoms with Gasteiger partial charge in [0.2, 0.25) is 0 Å². The van der Waals surface area contributed by atoms with Crippen LogP contribution in [0.25, 0.3) is 11.3 Å². The van der Waals surface area contributed by atoms with E-state index in [1.807, 2.05) is 22.9 Å². The standard InChI is InChI=1S/C21H21FN2O2S/c1-14-18(19-9-21(25)23-24(19)10-16-11-26-12-16)6-3-7-20(14)27-13-15-4-2-5-17(22)8-15/h2-9,16H,10-13H2,1H3,(H,23,25). The first kappa shape index (κ1) is 18.1. The van der Waals surface area contributed by atoms with Gasteiger partial charge in [0.15, 0.2) is 0 Å². The van der Waals surface area contributed by atoms with E-state index in [4.69, 9.17) is 4.74 Å². The molecule has 0 atom stereocenters. The number of H-pyrrole nitrogens is 1. The van der Waals surface area contributed by atoms with E-state index in [2.05, 4.69) is 18.1 Å². The lowest BCUT2D eigenvalue weighted by Crippen LogP contribution is -2.32. The fourth-order valence-corrected chi connectivity index (χ4v) is 4.28. The summed E-state index contributed by atoms with van der Waals surface area (Å²) in [6.45, 7) is 4.29. The van der Waals surface area contributed by atoms with Crippen LogP contribution in [0.5, 0.6) is 0 Å². The molecule has 0 bridgehead atoms. The molecule has 1 aliphatic rings. The van der Waals surface area contributed by atoms with Crippen LogP contribution in [0.1, 0.15) is 11.1 Å². The summed E-state index contributed by atoms with van der Waals surface area (Å²) in [5.74, 6) is 0.925. The van der Waals surface area contributed by atoms with Gasteiger partial charge in [-0.15, -0.1) is 11.8 Å². The molecule has 6 heteroatoms. The lowest BCUT2D eigenvalue weighted by molar-refractivity contribution is -0.0406. The molecule has 27 heavy (non-hydrogen) atoms. The number of ether oxygens (including phenoxy) is 1. The predicted molar refractivity (Wildman–Crippen MR) is 105 cm³/mol. The summed E-state index contributed by atoms with van der Waals surface area (Å²) in [6.07, 6.45) is 0. The molecule has 1 N–H and O–H groups in total. The summed E-state index contributed by atoms with van der Waals surface area (Å²) < 4.78 is 20.6. The third kappa shape index (κ3) is 4.01. The number of benzene rings is 2. The van der Waals surface area contributed by atoms with Crippen LogP contribution in [0.15, 0.2) is 58.2 Å². The Bertz CT molecular complexity index is 1010. The molecule has 1 aliphatic heterocycles. The maximum absolute atomic E-state index is 13.4. The number of aromatic amines is 1. The van der Waals surface area contributed by atoms with Crippen LogP contribution < -0.4 is 5.56 Å². The first-order chi connectivity index (χ1) is 13.1. The number of rotatable bonds is 6. The average molecular weight is 384 g/mol. The SMILES string of the molecule is Cc1c(SCc2cccc(F)c2)cccc1-c1cc(=O)[nH]n1CC1COC1. The van der Waals surface area contributed by atoms with Crippen molar-refractivity contribution in [2.45, 2.75) is 24.1 Å². The highest BCUT2D eigenvalue weighted by Crippen LogP contribution is 2.33. The highest BCUT2D eigenvalue weighted by atomic mass is 32.2. The highest BCUT2D eigenvalue weighted by Gasteiger charge is 2.21. The predicted octanol–water partition coefficient (Wildman–Crippen LogP) is 4.23. The van der Waals surface area contributed by atoms with Crippen LogP contribution in [0.3, 0.4) is 0 Å². The zero-order chi connectivity index (χ0) is 18.8. The molecule has 1 saturated heterocycles. The van der Waals surface area contributed by atoms with Crippen LogP contribution >= 0.6 is 11.8 Å². The van der Waals surface area contributed by atoms with Crippen molar-refractivity contribution in [3.63, 3.8) is 0 Å². The number of thioether (sulfide) groups is 1. The monoisotopic (exact) mass is 384 g/mol. The number of nitrogens with one attached hydrogen (secondary N) is 1. The Morgan fingerprint density at radius 3 is 2.78 bits per heavy atom. The van der Waals surface area contributed by atoms with Gasteiger partial charge in [0, 0.05) is 34.7 Å². The summed E-state index contributed by atoms with van der Waals surface area (Å²) >= 11 is 1.68. The van der Waals surface area contributed by atoms with E-state index in [0.29, 0.717) is 11.7 Å². The molecular formula is C21H21FN2O2S. The largest absolute Gasteiger partial charge is 0.381 e. The van der Waals surface area contributed by atoms with E-state index in [1.165, 1.54) is 6.07 Å². The third-order valence-electron chi connectivity index (χ3n) is 4.80. The summed E-state index contributed by atoms with van der Waals surface area (Å²) in [7, 11) is 0. The van der Waals surface area contributed by atoms with E-state index < -0.39 is 0 Å². The maximum Gasteiger partial charge on any atom is 0.264 e. The third-order valence-corrected chi connectivity index (χ3v) is 6.03. The summed E-state index contributed by atoms with van der Waals surface area (Å²) in [4.78, 5) is 13.1. The Morgan fingerprint density at radius 2 is 2.04 bits per heavy atom. The number of aromatic nitrogens is 2. The van der Waals surface area contributed by atoms with Crippen LogP contribution in [-0.4, -0.2) is 23.0 Å². The molecule has 0 aliphatic carbocycles. The molecule has 1 fully saturated rings. The Kier molecular flexibility index (Phi) is 5.18. The molecule has 3 aromatic rings. The number of nitrogens with zero attached hydrogens (tertiary/aromatic N) is 1. The van der Waals surface area contributed by atoms with Crippen molar-refractivity contribution in [1.82, 2.24) is 9.78 Å². The van der Waals surface area contributed by atoms with Gasteiger partial charge in [-0.3, -0.25) is 14.6 Å². The van der Waals surface area contributed by atoms with Crippen molar-refractivity contribution in [3.05, 3.63) is 75.8 Å². The van der Waals surface area contributed by atoms with Gasteiger partial charge in [-0.25, -0.2) is 4.39 Å². The van der Waals surface area contributed by atoms with Crippen LogP contribution in [0.4, 0.5) is 4.39 Å². The normalized spacial score (nSPS) is 14.3. The molecule has 0 amide bonds. The van der Waals surface area contributed by atoms with Gasteiger partial charge in [0.05, 0.1) is 18.9 Å². The van der Waals surface area contributed by atoms with E-state index in [1.54, 1.807) is 30.0 Å². The second-order valence-electron chi connectivity index (χ2n) is 6.87. The molecule has 0 unspecified atom stereocenters. The van der Waals surface area contributed by atoms with Gasteiger partial charge >= 0.3 is 0 Å². The van der Waals surface area contributed by atoms with Gasteiger partial charge < -0.3 is 4.74 Å². The van der Waals surface area contributed by atoms with Gasteiger partial charge in [-0.1, -0.05) is 24.3 Å². The maximum atomic E-state index is 13.4. The zero-order valence-electron chi connectivity index (χ0n) is 15.1. The molecule has 4 rings (SSSR count). The van der Waals surface area contributed by atoms with Gasteiger partial charge in [-0.05, 0) is 36.2 Å². The van der Waals surface area contributed by atoms with Crippen LogP contribution in [0.2, 0.25) is 0 Å². The molecule has 2 aromatic carbocycles. The molecular weight excluding hydrogens is 363 g/mol. The van der Waals surface area contributed by atoms with Crippen LogP contribution in [0, 0.1) is 18.7 Å². The fraction of sp³-hybridized carbons (Fsp3) is 0.286. The Hall–Kier alpha value is -2.31.